The summed E-state index contributed by atoms with van der Waals surface area (Å²) in [6.45, 7) is 2.87. The fraction of sp³-hybridized carbons (Fsp3) is 0.500. The zero-order valence-corrected chi connectivity index (χ0v) is 13.2. The van der Waals surface area contributed by atoms with Crippen LogP contribution in [0.2, 0.25) is 0 Å². The zero-order valence-electron chi connectivity index (χ0n) is 11.6. The van der Waals surface area contributed by atoms with Gasteiger partial charge in [0.05, 0.1) is 9.82 Å². The van der Waals surface area contributed by atoms with Crippen LogP contribution >= 0.6 is 11.8 Å². The number of anilines is 1. The van der Waals surface area contributed by atoms with E-state index in [1.54, 1.807) is 11.8 Å². The highest BCUT2D eigenvalue weighted by molar-refractivity contribution is 8.00. The quantitative estimate of drug-likeness (QED) is 0.511. The van der Waals surface area contributed by atoms with Crippen molar-refractivity contribution in [2.75, 3.05) is 24.6 Å². The summed E-state index contributed by atoms with van der Waals surface area (Å²) in [6.07, 6.45) is 0.887. The Morgan fingerprint density at radius 2 is 2.24 bits per heavy atom. The van der Waals surface area contributed by atoms with E-state index in [0.29, 0.717) is 13.1 Å². The molecule has 0 bridgehead atoms. The molecule has 1 heterocycles. The summed E-state index contributed by atoms with van der Waals surface area (Å²) in [6, 6.07) is 3.62. The number of rotatable bonds is 4. The number of nitrogens with zero attached hydrogens (tertiary/aromatic N) is 2. The maximum Gasteiger partial charge on any atom is 0.293 e. The van der Waals surface area contributed by atoms with Gasteiger partial charge in [-0.25, -0.2) is 8.42 Å². The SMILES string of the molecule is CCC1CN(S(=O)(=O)c2ccc(N)c([N+](=O)[O-])c2)CCS1. The van der Waals surface area contributed by atoms with Gasteiger partial charge in [-0.2, -0.15) is 16.1 Å². The number of benzene rings is 1. The Bertz CT molecular complexity index is 648. The minimum absolute atomic E-state index is 0.0421. The minimum Gasteiger partial charge on any atom is -0.393 e. The molecule has 1 fully saturated rings. The molecule has 1 atom stereocenters. The molecule has 1 aromatic carbocycles. The van der Waals surface area contributed by atoms with E-state index in [2.05, 4.69) is 0 Å². The Labute approximate surface area is 127 Å². The summed E-state index contributed by atoms with van der Waals surface area (Å²) in [5, 5.41) is 11.2. The van der Waals surface area contributed by atoms with Crippen molar-refractivity contribution in [2.24, 2.45) is 0 Å². The largest absolute Gasteiger partial charge is 0.393 e. The van der Waals surface area contributed by atoms with Crippen LogP contribution in [0.15, 0.2) is 23.1 Å². The first kappa shape index (κ1) is 16.1. The van der Waals surface area contributed by atoms with Crippen molar-refractivity contribution >= 4 is 33.2 Å². The Morgan fingerprint density at radius 3 is 2.86 bits per heavy atom. The standard InChI is InChI=1S/C12H17N3O4S2/c1-2-9-8-14(5-6-20-9)21(18,19)10-3-4-11(13)12(7-10)15(16)17/h3-4,7,9H,2,5-6,8,13H2,1H3. The van der Waals surface area contributed by atoms with Crippen LogP contribution in [0, 0.1) is 10.1 Å². The first-order chi connectivity index (χ1) is 9.86. The van der Waals surface area contributed by atoms with E-state index in [4.69, 9.17) is 5.73 Å². The molecule has 9 heteroatoms. The smallest absolute Gasteiger partial charge is 0.293 e. The molecule has 21 heavy (non-hydrogen) atoms. The average molecular weight is 331 g/mol. The van der Waals surface area contributed by atoms with E-state index in [1.165, 1.54) is 16.4 Å². The number of nitrogens with two attached hydrogens (primary N) is 1. The van der Waals surface area contributed by atoms with E-state index in [-0.39, 0.29) is 21.5 Å². The molecule has 0 aromatic heterocycles. The summed E-state index contributed by atoms with van der Waals surface area (Å²) in [5.41, 5.74) is 5.08. The Morgan fingerprint density at radius 1 is 1.52 bits per heavy atom. The molecule has 1 aromatic rings. The van der Waals surface area contributed by atoms with E-state index in [0.717, 1.165) is 18.2 Å². The van der Waals surface area contributed by atoms with Crippen molar-refractivity contribution < 1.29 is 13.3 Å². The lowest BCUT2D eigenvalue weighted by Gasteiger charge is -2.31. The van der Waals surface area contributed by atoms with Crippen molar-refractivity contribution in [2.45, 2.75) is 23.5 Å². The predicted molar refractivity (Wildman–Crippen MR) is 82.8 cm³/mol. The molecule has 0 spiro atoms. The second kappa shape index (κ2) is 6.20. The van der Waals surface area contributed by atoms with Gasteiger partial charge in [0.15, 0.2) is 0 Å². The van der Waals surface area contributed by atoms with Gasteiger partial charge in [-0.15, -0.1) is 0 Å². The van der Waals surface area contributed by atoms with Gasteiger partial charge >= 0.3 is 0 Å². The average Bonchev–Trinajstić information content (AvgIpc) is 2.47. The maximum absolute atomic E-state index is 12.6. The molecule has 0 amide bonds. The van der Waals surface area contributed by atoms with E-state index < -0.39 is 14.9 Å². The van der Waals surface area contributed by atoms with Crippen molar-refractivity contribution in [3.63, 3.8) is 0 Å². The normalized spacial score (nSPS) is 20.3. The first-order valence-electron chi connectivity index (χ1n) is 6.52. The summed E-state index contributed by atoms with van der Waals surface area (Å²) >= 11 is 1.75. The topological polar surface area (TPSA) is 107 Å². The Hall–Kier alpha value is -1.32. The van der Waals surface area contributed by atoms with Crippen molar-refractivity contribution in [1.29, 1.82) is 0 Å². The molecule has 0 aliphatic carbocycles. The van der Waals surface area contributed by atoms with Crippen LogP contribution < -0.4 is 5.73 Å². The molecule has 2 N–H and O–H groups in total. The molecule has 1 unspecified atom stereocenters. The second-order valence-electron chi connectivity index (χ2n) is 4.74. The highest BCUT2D eigenvalue weighted by Crippen LogP contribution is 2.29. The Kier molecular flexibility index (Phi) is 4.74. The molecule has 2 rings (SSSR count). The van der Waals surface area contributed by atoms with Crippen molar-refractivity contribution in [1.82, 2.24) is 4.31 Å². The highest BCUT2D eigenvalue weighted by Gasteiger charge is 2.31. The summed E-state index contributed by atoms with van der Waals surface area (Å²) in [7, 11) is -3.72. The molecule has 1 saturated heterocycles. The number of sulfonamides is 1. The fourth-order valence-electron chi connectivity index (χ4n) is 2.15. The molecular weight excluding hydrogens is 314 g/mol. The monoisotopic (exact) mass is 331 g/mol. The summed E-state index contributed by atoms with van der Waals surface area (Å²) in [5.74, 6) is 0.731. The molecule has 0 radical (unpaired) electrons. The van der Waals surface area contributed by atoms with Crippen molar-refractivity contribution in [3.05, 3.63) is 28.3 Å². The van der Waals surface area contributed by atoms with Crippen LogP contribution in [0.5, 0.6) is 0 Å². The molecular formula is C12H17N3O4S2. The molecule has 1 aliphatic rings. The lowest BCUT2D eigenvalue weighted by Crippen LogP contribution is -2.41. The molecule has 116 valence electrons. The summed E-state index contributed by atoms with van der Waals surface area (Å²) in [4.78, 5) is 10.1. The third kappa shape index (κ3) is 3.30. The zero-order chi connectivity index (χ0) is 15.6. The van der Waals surface area contributed by atoms with E-state index >= 15 is 0 Å². The number of hydrogen-bond acceptors (Lipinski definition) is 6. The molecule has 1 aliphatic heterocycles. The number of hydrogen-bond donors (Lipinski definition) is 1. The van der Waals surface area contributed by atoms with Crippen LogP contribution in [0.4, 0.5) is 11.4 Å². The number of nitro benzene ring substituents is 1. The number of thioether (sulfide) groups is 1. The fourth-order valence-corrected chi connectivity index (χ4v) is 5.05. The highest BCUT2D eigenvalue weighted by atomic mass is 32.2. The third-order valence-electron chi connectivity index (χ3n) is 3.39. The van der Waals surface area contributed by atoms with Gasteiger partial charge in [0.2, 0.25) is 10.0 Å². The lowest BCUT2D eigenvalue weighted by molar-refractivity contribution is -0.384. The van der Waals surface area contributed by atoms with Gasteiger partial charge in [-0.1, -0.05) is 6.92 Å². The lowest BCUT2D eigenvalue weighted by atomic mass is 10.3. The Balaban J connectivity index is 2.35. The van der Waals surface area contributed by atoms with Gasteiger partial charge in [-0.05, 0) is 18.6 Å². The first-order valence-corrected chi connectivity index (χ1v) is 9.00. The van der Waals surface area contributed by atoms with E-state index in [1.807, 2.05) is 6.92 Å². The third-order valence-corrected chi connectivity index (χ3v) is 6.63. The van der Waals surface area contributed by atoms with Gasteiger partial charge < -0.3 is 5.73 Å². The number of nitrogen functional groups attached to an aromatic ring is 1. The van der Waals surface area contributed by atoms with Crippen LogP contribution in [0.1, 0.15) is 13.3 Å². The maximum atomic E-state index is 12.6. The van der Waals surface area contributed by atoms with Gasteiger partial charge in [0, 0.05) is 30.2 Å². The molecule has 0 saturated carbocycles. The van der Waals surface area contributed by atoms with Gasteiger partial charge in [-0.3, -0.25) is 10.1 Å². The van der Waals surface area contributed by atoms with Gasteiger partial charge in [0.1, 0.15) is 5.69 Å². The number of nitro groups is 1. The van der Waals surface area contributed by atoms with Crippen LogP contribution in [0.25, 0.3) is 0 Å². The molecule has 7 nitrogen and oxygen atoms in total. The predicted octanol–water partition coefficient (Wildman–Crippen LogP) is 1.69. The van der Waals surface area contributed by atoms with Crippen LogP contribution in [0.3, 0.4) is 0 Å². The van der Waals surface area contributed by atoms with Crippen molar-refractivity contribution in [3.8, 4) is 0 Å². The van der Waals surface area contributed by atoms with Crippen LogP contribution in [-0.2, 0) is 10.0 Å². The second-order valence-corrected chi connectivity index (χ2v) is 8.09. The summed E-state index contributed by atoms with van der Waals surface area (Å²) < 4.78 is 26.6. The van der Waals surface area contributed by atoms with E-state index in [9.17, 15) is 18.5 Å². The minimum atomic E-state index is -3.72. The van der Waals surface area contributed by atoms with Crippen LogP contribution in [-0.4, -0.2) is 41.7 Å². The van der Waals surface area contributed by atoms with Gasteiger partial charge in [0.25, 0.3) is 5.69 Å².